The van der Waals surface area contributed by atoms with E-state index in [-0.39, 0.29) is 5.82 Å². The zero-order chi connectivity index (χ0) is 14.3. The van der Waals surface area contributed by atoms with Crippen LogP contribution in [-0.2, 0) is 0 Å². The molecule has 20 heavy (non-hydrogen) atoms. The zero-order valence-corrected chi connectivity index (χ0v) is 12.8. The number of hydrazine groups is 1. The van der Waals surface area contributed by atoms with E-state index < -0.39 is 0 Å². The Bertz CT molecular complexity index is 802. The summed E-state index contributed by atoms with van der Waals surface area (Å²) in [6, 6.07) is 6.39. The molecule has 0 aliphatic heterocycles. The van der Waals surface area contributed by atoms with Crippen molar-refractivity contribution in [1.29, 1.82) is 0 Å². The smallest absolute Gasteiger partial charge is 0.164 e. The van der Waals surface area contributed by atoms with Gasteiger partial charge in [-0.1, -0.05) is 0 Å². The molecule has 102 valence electrons. The number of thiophene rings is 1. The number of aromatic nitrogens is 2. The second kappa shape index (κ2) is 5.08. The Labute approximate surface area is 127 Å². The normalized spacial score (nSPS) is 11.0. The minimum atomic E-state index is -0.314. The van der Waals surface area contributed by atoms with Crippen LogP contribution in [0.5, 0.6) is 0 Å². The quantitative estimate of drug-likeness (QED) is 0.543. The van der Waals surface area contributed by atoms with E-state index in [0.29, 0.717) is 16.1 Å². The highest BCUT2D eigenvalue weighted by atomic mass is 79.9. The minimum absolute atomic E-state index is 0.314. The molecule has 0 aliphatic carbocycles. The van der Waals surface area contributed by atoms with Crippen molar-refractivity contribution in [3.8, 4) is 11.4 Å². The molecule has 0 bridgehead atoms. The molecule has 3 N–H and O–H groups in total. The first-order chi connectivity index (χ1) is 9.58. The molecule has 0 aliphatic rings. The first kappa shape index (κ1) is 13.4. The lowest BCUT2D eigenvalue weighted by Gasteiger charge is -2.07. The number of nitrogens with two attached hydrogens (primary N) is 1. The first-order valence-corrected chi connectivity index (χ1v) is 7.39. The number of rotatable bonds is 2. The van der Waals surface area contributed by atoms with Crippen LogP contribution in [0.2, 0.25) is 0 Å². The summed E-state index contributed by atoms with van der Waals surface area (Å²) in [5.41, 5.74) is 3.31. The lowest BCUT2D eigenvalue weighted by Crippen LogP contribution is -2.09. The summed E-state index contributed by atoms with van der Waals surface area (Å²) in [6.07, 6.45) is 0. The van der Waals surface area contributed by atoms with Crippen LogP contribution in [0.1, 0.15) is 4.88 Å². The molecule has 0 unspecified atom stereocenters. The average Bonchev–Trinajstić information content (AvgIpc) is 2.77. The van der Waals surface area contributed by atoms with Gasteiger partial charge in [0.15, 0.2) is 11.6 Å². The highest BCUT2D eigenvalue weighted by Gasteiger charge is 2.13. The number of anilines is 1. The number of fused-ring (bicyclic) bond motifs is 1. The van der Waals surface area contributed by atoms with Gasteiger partial charge in [0.25, 0.3) is 0 Å². The highest BCUT2D eigenvalue weighted by Crippen LogP contribution is 2.33. The number of aryl methyl sites for hydroxylation is 1. The summed E-state index contributed by atoms with van der Waals surface area (Å²) < 4.78 is 13.8. The maximum absolute atomic E-state index is 13.2. The van der Waals surface area contributed by atoms with Crippen LogP contribution in [0.25, 0.3) is 21.6 Å². The van der Waals surface area contributed by atoms with Gasteiger partial charge in [0, 0.05) is 14.9 Å². The molecule has 0 radical (unpaired) electrons. The molecular formula is C13H10BrFN4S. The molecule has 3 aromatic rings. The van der Waals surface area contributed by atoms with Gasteiger partial charge in [0.2, 0.25) is 0 Å². The van der Waals surface area contributed by atoms with Crippen molar-refractivity contribution in [1.82, 2.24) is 9.97 Å². The molecule has 2 aromatic heterocycles. The van der Waals surface area contributed by atoms with Gasteiger partial charge in [0.1, 0.15) is 10.6 Å². The van der Waals surface area contributed by atoms with E-state index in [1.54, 1.807) is 17.4 Å². The fourth-order valence-corrected chi connectivity index (χ4v) is 3.35. The molecule has 1 aromatic carbocycles. The lowest BCUT2D eigenvalue weighted by molar-refractivity contribution is 0.627. The van der Waals surface area contributed by atoms with Crippen molar-refractivity contribution in [3.63, 3.8) is 0 Å². The molecule has 4 nitrogen and oxygen atoms in total. The Kier molecular flexibility index (Phi) is 3.41. The van der Waals surface area contributed by atoms with E-state index in [2.05, 4.69) is 31.3 Å². The molecule has 3 rings (SSSR count). The number of nitrogens with one attached hydrogen (secondary N) is 1. The van der Waals surface area contributed by atoms with Crippen molar-refractivity contribution >= 4 is 43.3 Å². The van der Waals surface area contributed by atoms with E-state index in [9.17, 15) is 4.39 Å². The Balaban J connectivity index is 2.25. The Morgan fingerprint density at radius 1 is 1.30 bits per heavy atom. The SMILES string of the molecule is Cc1cc2c(NN)nc(-c3ccc(F)cc3Br)nc2s1. The molecule has 0 saturated carbocycles. The lowest BCUT2D eigenvalue weighted by atomic mass is 10.2. The number of benzene rings is 1. The molecule has 0 saturated heterocycles. The highest BCUT2D eigenvalue weighted by molar-refractivity contribution is 9.10. The number of halogens is 2. The van der Waals surface area contributed by atoms with Gasteiger partial charge in [0.05, 0.1) is 5.39 Å². The first-order valence-electron chi connectivity index (χ1n) is 5.78. The summed E-state index contributed by atoms with van der Waals surface area (Å²) in [5, 5.41) is 0.886. The van der Waals surface area contributed by atoms with Crippen LogP contribution in [0.4, 0.5) is 10.2 Å². The fourth-order valence-electron chi connectivity index (χ4n) is 1.94. The van der Waals surface area contributed by atoms with E-state index in [1.165, 1.54) is 12.1 Å². The van der Waals surface area contributed by atoms with Gasteiger partial charge in [-0.25, -0.2) is 20.2 Å². The van der Waals surface area contributed by atoms with Crippen LogP contribution in [0.15, 0.2) is 28.7 Å². The third kappa shape index (κ3) is 2.28. The van der Waals surface area contributed by atoms with Gasteiger partial charge in [-0.3, -0.25) is 0 Å². The molecule has 0 spiro atoms. The van der Waals surface area contributed by atoms with Gasteiger partial charge in [-0.15, -0.1) is 11.3 Å². The van der Waals surface area contributed by atoms with Crippen LogP contribution < -0.4 is 11.3 Å². The number of hydrogen-bond donors (Lipinski definition) is 2. The number of nitrogens with zero attached hydrogens (tertiary/aromatic N) is 2. The topological polar surface area (TPSA) is 63.8 Å². The maximum Gasteiger partial charge on any atom is 0.164 e. The predicted molar refractivity (Wildman–Crippen MR) is 83.1 cm³/mol. The van der Waals surface area contributed by atoms with Crippen molar-refractivity contribution in [2.24, 2.45) is 5.84 Å². The van der Waals surface area contributed by atoms with Crippen molar-refractivity contribution in [2.45, 2.75) is 6.92 Å². The Hall–Kier alpha value is -1.57. The van der Waals surface area contributed by atoms with Crippen molar-refractivity contribution in [2.75, 3.05) is 5.43 Å². The molecule has 0 atom stereocenters. The molecule has 7 heteroatoms. The molecule has 2 heterocycles. The predicted octanol–water partition coefficient (Wildman–Crippen LogP) is 3.85. The Morgan fingerprint density at radius 2 is 2.10 bits per heavy atom. The van der Waals surface area contributed by atoms with E-state index in [4.69, 9.17) is 5.84 Å². The third-order valence-electron chi connectivity index (χ3n) is 2.82. The molecule has 0 fully saturated rings. The van der Waals surface area contributed by atoms with Gasteiger partial charge < -0.3 is 5.43 Å². The fraction of sp³-hybridized carbons (Fsp3) is 0.0769. The summed E-state index contributed by atoms with van der Waals surface area (Å²) in [6.45, 7) is 2.00. The third-order valence-corrected chi connectivity index (χ3v) is 4.43. The largest absolute Gasteiger partial charge is 0.308 e. The average molecular weight is 353 g/mol. The van der Waals surface area contributed by atoms with Gasteiger partial charge in [-0.2, -0.15) is 0 Å². The van der Waals surface area contributed by atoms with Crippen molar-refractivity contribution in [3.05, 3.63) is 39.4 Å². The second-order valence-corrected chi connectivity index (χ2v) is 6.33. The summed E-state index contributed by atoms with van der Waals surface area (Å²) >= 11 is 4.89. The summed E-state index contributed by atoms with van der Waals surface area (Å²) in [5.74, 6) is 6.27. The summed E-state index contributed by atoms with van der Waals surface area (Å²) in [4.78, 5) is 10.9. The molecule has 0 amide bonds. The van der Waals surface area contributed by atoms with E-state index in [0.717, 1.165) is 20.7 Å². The van der Waals surface area contributed by atoms with Crippen LogP contribution >= 0.6 is 27.3 Å². The Morgan fingerprint density at radius 3 is 2.80 bits per heavy atom. The maximum atomic E-state index is 13.2. The van der Waals surface area contributed by atoms with Crippen LogP contribution in [0, 0.1) is 12.7 Å². The van der Waals surface area contributed by atoms with Crippen LogP contribution in [-0.4, -0.2) is 9.97 Å². The molecular weight excluding hydrogens is 343 g/mol. The second-order valence-electron chi connectivity index (χ2n) is 4.24. The van der Waals surface area contributed by atoms with E-state index >= 15 is 0 Å². The summed E-state index contributed by atoms with van der Waals surface area (Å²) in [7, 11) is 0. The monoisotopic (exact) mass is 352 g/mol. The van der Waals surface area contributed by atoms with Crippen LogP contribution in [0.3, 0.4) is 0 Å². The van der Waals surface area contributed by atoms with Gasteiger partial charge >= 0.3 is 0 Å². The standard InChI is InChI=1S/C13H10BrFN4S/c1-6-4-9-12(19-16)17-11(18-13(9)20-6)8-3-2-7(15)5-10(8)14/h2-5H,16H2,1H3,(H,17,18,19). The number of hydrogen-bond acceptors (Lipinski definition) is 5. The number of nitrogen functional groups attached to an aromatic ring is 1. The minimum Gasteiger partial charge on any atom is -0.308 e. The van der Waals surface area contributed by atoms with Gasteiger partial charge in [-0.05, 0) is 47.1 Å². The van der Waals surface area contributed by atoms with Crippen molar-refractivity contribution < 1.29 is 4.39 Å². The zero-order valence-electron chi connectivity index (χ0n) is 10.4. The van der Waals surface area contributed by atoms with E-state index in [1.807, 2.05) is 13.0 Å².